The van der Waals surface area contributed by atoms with E-state index in [0.29, 0.717) is 0 Å². The second-order valence-electron chi connectivity index (χ2n) is 6.04. The molecule has 0 aromatic heterocycles. The van der Waals surface area contributed by atoms with Crippen molar-refractivity contribution in [3.63, 3.8) is 0 Å². The van der Waals surface area contributed by atoms with Crippen molar-refractivity contribution >= 4 is 17.6 Å². The first-order valence-corrected chi connectivity index (χ1v) is 8.44. The van der Waals surface area contributed by atoms with Crippen LogP contribution in [-0.4, -0.2) is 23.3 Å². The van der Waals surface area contributed by atoms with Crippen LogP contribution in [0.2, 0.25) is 0 Å². The summed E-state index contributed by atoms with van der Waals surface area (Å²) in [6.45, 7) is 0. The summed E-state index contributed by atoms with van der Waals surface area (Å²) in [7, 11) is 0. The summed E-state index contributed by atoms with van der Waals surface area (Å²) >= 11 is 0. The number of benzene rings is 3. The van der Waals surface area contributed by atoms with E-state index in [9.17, 15) is 32.3 Å². The van der Waals surface area contributed by atoms with Gasteiger partial charge in [-0.3, -0.25) is 4.79 Å². The quantitative estimate of drug-likeness (QED) is 0.548. The lowest BCUT2D eigenvalue weighted by molar-refractivity contribution is -0.274. The Balaban J connectivity index is 2.01. The van der Waals surface area contributed by atoms with Gasteiger partial charge in [-0.2, -0.15) is 0 Å². The molecule has 0 aliphatic carbocycles. The van der Waals surface area contributed by atoms with E-state index >= 15 is 0 Å². The summed E-state index contributed by atoms with van der Waals surface area (Å²) in [5.74, 6) is -3.74. The zero-order chi connectivity index (χ0) is 21.9. The fraction of sp³-hybridized carbons (Fsp3) is 0.0476. The third kappa shape index (κ3) is 4.75. The molecule has 0 saturated heterocycles. The van der Waals surface area contributed by atoms with E-state index < -0.39 is 29.8 Å². The van der Waals surface area contributed by atoms with Gasteiger partial charge in [0.05, 0.1) is 16.8 Å². The Bertz CT molecular complexity index is 1110. The first-order chi connectivity index (χ1) is 14.2. The number of hydrogen-bond acceptors (Lipinski definition) is 3. The predicted molar refractivity (Wildman–Crippen MR) is 99.9 cm³/mol. The largest absolute Gasteiger partial charge is 0.573 e. The highest BCUT2D eigenvalue weighted by atomic mass is 19.4. The fourth-order valence-electron chi connectivity index (χ4n) is 2.75. The highest BCUT2D eigenvalue weighted by molar-refractivity contribution is 6.11. The Morgan fingerprint density at radius 3 is 2.17 bits per heavy atom. The van der Waals surface area contributed by atoms with Crippen LogP contribution >= 0.6 is 0 Å². The molecular formula is C21H13F4NO4. The number of nitrogens with one attached hydrogen (secondary N) is 1. The van der Waals surface area contributed by atoms with Gasteiger partial charge in [-0.25, -0.2) is 9.18 Å². The van der Waals surface area contributed by atoms with Gasteiger partial charge >= 0.3 is 12.3 Å². The van der Waals surface area contributed by atoms with E-state index in [-0.39, 0.29) is 27.9 Å². The number of hydrogen-bond donors (Lipinski definition) is 2. The van der Waals surface area contributed by atoms with Crippen LogP contribution in [-0.2, 0) is 0 Å². The van der Waals surface area contributed by atoms with E-state index in [0.717, 1.165) is 18.2 Å². The minimum absolute atomic E-state index is 0.0404. The van der Waals surface area contributed by atoms with E-state index in [1.165, 1.54) is 48.5 Å². The predicted octanol–water partition coefficient (Wildman–Crippen LogP) is 5.34. The lowest BCUT2D eigenvalue weighted by atomic mass is 10.0. The van der Waals surface area contributed by atoms with E-state index in [2.05, 4.69) is 10.1 Å². The SMILES string of the molecule is O=C(O)c1ccccc1C(=O)Nc1ccc(-c2ccccc2F)cc1OC(F)(F)F. The number of carbonyl (C=O) groups is 2. The molecule has 0 unspecified atom stereocenters. The second kappa shape index (κ2) is 8.24. The molecule has 0 saturated carbocycles. The summed E-state index contributed by atoms with van der Waals surface area (Å²) in [5.41, 5.74) is -0.801. The molecule has 154 valence electrons. The molecule has 1 amide bonds. The number of carbonyl (C=O) groups excluding carboxylic acids is 1. The average Bonchev–Trinajstić information content (AvgIpc) is 2.68. The topological polar surface area (TPSA) is 75.6 Å². The maximum absolute atomic E-state index is 14.0. The number of ether oxygens (including phenoxy) is 1. The minimum atomic E-state index is -5.08. The molecule has 0 heterocycles. The molecule has 0 atom stereocenters. The minimum Gasteiger partial charge on any atom is -0.478 e. The molecule has 3 rings (SSSR count). The molecule has 0 aliphatic rings. The summed E-state index contributed by atoms with van der Waals surface area (Å²) in [6, 6.07) is 14.1. The van der Waals surface area contributed by atoms with Crippen molar-refractivity contribution in [1.82, 2.24) is 0 Å². The van der Waals surface area contributed by atoms with Crippen molar-refractivity contribution in [2.24, 2.45) is 0 Å². The van der Waals surface area contributed by atoms with Crippen molar-refractivity contribution in [2.45, 2.75) is 6.36 Å². The molecule has 30 heavy (non-hydrogen) atoms. The Labute approximate surface area is 167 Å². The Morgan fingerprint density at radius 1 is 0.900 bits per heavy atom. The zero-order valence-electron chi connectivity index (χ0n) is 15.0. The van der Waals surface area contributed by atoms with Crippen LogP contribution in [0.4, 0.5) is 23.2 Å². The van der Waals surface area contributed by atoms with Crippen LogP contribution in [0, 0.1) is 5.82 Å². The molecule has 3 aromatic rings. The molecule has 5 nitrogen and oxygen atoms in total. The number of carboxylic acid groups (broad SMARTS) is 1. The molecule has 3 aromatic carbocycles. The van der Waals surface area contributed by atoms with Gasteiger partial charge < -0.3 is 15.2 Å². The number of halogens is 4. The monoisotopic (exact) mass is 419 g/mol. The van der Waals surface area contributed by atoms with Crippen LogP contribution < -0.4 is 10.1 Å². The van der Waals surface area contributed by atoms with Gasteiger partial charge in [-0.15, -0.1) is 13.2 Å². The number of alkyl halides is 3. The first kappa shape index (κ1) is 20.8. The van der Waals surface area contributed by atoms with Crippen molar-refractivity contribution in [3.8, 4) is 16.9 Å². The van der Waals surface area contributed by atoms with Gasteiger partial charge in [0, 0.05) is 5.56 Å². The second-order valence-corrected chi connectivity index (χ2v) is 6.04. The highest BCUT2D eigenvalue weighted by Crippen LogP contribution is 2.35. The van der Waals surface area contributed by atoms with Gasteiger partial charge in [-0.1, -0.05) is 36.4 Å². The van der Waals surface area contributed by atoms with Crippen LogP contribution in [0.15, 0.2) is 66.7 Å². The van der Waals surface area contributed by atoms with Crippen LogP contribution in [0.5, 0.6) is 5.75 Å². The highest BCUT2D eigenvalue weighted by Gasteiger charge is 2.33. The van der Waals surface area contributed by atoms with Gasteiger partial charge in [-0.05, 0) is 35.9 Å². The van der Waals surface area contributed by atoms with Gasteiger partial charge in [0.25, 0.3) is 5.91 Å². The summed E-state index contributed by atoms with van der Waals surface area (Å²) in [5, 5.41) is 11.4. The van der Waals surface area contributed by atoms with Crippen molar-refractivity contribution in [3.05, 3.63) is 83.7 Å². The van der Waals surface area contributed by atoms with Crippen molar-refractivity contribution in [2.75, 3.05) is 5.32 Å². The standard InChI is InChI=1S/C21H13F4NO4/c22-16-8-4-3-5-13(16)12-9-10-17(18(11-12)30-21(23,24)25)26-19(27)14-6-1-2-7-15(14)20(28)29/h1-11H,(H,26,27)(H,28,29). The number of aromatic carboxylic acids is 1. The van der Waals surface area contributed by atoms with Crippen molar-refractivity contribution < 1.29 is 37.0 Å². The number of amides is 1. The Hall–Kier alpha value is -3.88. The molecule has 0 aliphatic heterocycles. The maximum atomic E-state index is 14.0. The summed E-state index contributed by atoms with van der Waals surface area (Å²) in [6.07, 6.45) is -5.08. The Morgan fingerprint density at radius 2 is 1.53 bits per heavy atom. The molecular weight excluding hydrogens is 406 g/mol. The molecule has 0 fully saturated rings. The van der Waals surface area contributed by atoms with Gasteiger partial charge in [0.15, 0.2) is 5.75 Å². The summed E-state index contributed by atoms with van der Waals surface area (Å²) in [4.78, 5) is 23.8. The lowest BCUT2D eigenvalue weighted by Gasteiger charge is -2.16. The van der Waals surface area contributed by atoms with Crippen LogP contribution in [0.3, 0.4) is 0 Å². The fourth-order valence-corrected chi connectivity index (χ4v) is 2.75. The van der Waals surface area contributed by atoms with Gasteiger partial charge in [0.2, 0.25) is 0 Å². The Kier molecular flexibility index (Phi) is 5.72. The third-order valence-corrected chi connectivity index (χ3v) is 4.04. The maximum Gasteiger partial charge on any atom is 0.573 e. The third-order valence-electron chi connectivity index (χ3n) is 4.04. The first-order valence-electron chi connectivity index (χ1n) is 8.44. The normalized spacial score (nSPS) is 11.1. The molecule has 0 bridgehead atoms. The number of carboxylic acids is 1. The van der Waals surface area contributed by atoms with Crippen molar-refractivity contribution in [1.29, 1.82) is 0 Å². The smallest absolute Gasteiger partial charge is 0.478 e. The van der Waals surface area contributed by atoms with E-state index in [1.807, 2.05) is 0 Å². The van der Waals surface area contributed by atoms with Crippen LogP contribution in [0.1, 0.15) is 20.7 Å². The zero-order valence-corrected chi connectivity index (χ0v) is 15.0. The lowest BCUT2D eigenvalue weighted by Crippen LogP contribution is -2.20. The molecule has 0 spiro atoms. The van der Waals surface area contributed by atoms with Gasteiger partial charge in [0.1, 0.15) is 5.82 Å². The van der Waals surface area contributed by atoms with E-state index in [1.54, 1.807) is 0 Å². The van der Waals surface area contributed by atoms with E-state index in [4.69, 9.17) is 0 Å². The van der Waals surface area contributed by atoms with Crippen LogP contribution in [0.25, 0.3) is 11.1 Å². The average molecular weight is 419 g/mol. The number of rotatable bonds is 5. The molecule has 9 heteroatoms. The molecule has 0 radical (unpaired) electrons. The summed E-state index contributed by atoms with van der Waals surface area (Å²) < 4.78 is 56.6. The number of anilines is 1. The molecule has 2 N–H and O–H groups in total.